The highest BCUT2D eigenvalue weighted by molar-refractivity contribution is 5.71. The molecule has 2 rings (SSSR count). The van der Waals surface area contributed by atoms with Crippen LogP contribution >= 0.6 is 0 Å². The van der Waals surface area contributed by atoms with E-state index in [1.54, 1.807) is 6.92 Å². The number of esters is 1. The maximum Gasteiger partial charge on any atom is 0.309 e. The zero-order valence-corrected chi connectivity index (χ0v) is 11.3. The second kappa shape index (κ2) is 6.27. The average molecular weight is 278 g/mol. The molecule has 0 radical (unpaired) electrons. The minimum atomic E-state index is -0.337. The molecule has 106 valence electrons. The number of halogens is 1. The Morgan fingerprint density at radius 2 is 2.10 bits per heavy atom. The van der Waals surface area contributed by atoms with Crippen molar-refractivity contribution in [2.45, 2.75) is 26.9 Å². The first-order valence-corrected chi connectivity index (χ1v) is 6.35. The van der Waals surface area contributed by atoms with Gasteiger partial charge in [-0.1, -0.05) is 19.0 Å². The molecule has 2 aromatic rings. The Morgan fingerprint density at radius 1 is 1.40 bits per heavy atom. The van der Waals surface area contributed by atoms with E-state index >= 15 is 0 Å². The van der Waals surface area contributed by atoms with Crippen molar-refractivity contribution in [2.75, 3.05) is 0 Å². The summed E-state index contributed by atoms with van der Waals surface area (Å²) in [5, 5.41) is 3.72. The Kier molecular flexibility index (Phi) is 4.45. The van der Waals surface area contributed by atoms with Crippen LogP contribution in [0.1, 0.15) is 26.1 Å². The van der Waals surface area contributed by atoms with E-state index in [-0.39, 0.29) is 36.0 Å². The van der Waals surface area contributed by atoms with Gasteiger partial charge >= 0.3 is 5.97 Å². The lowest BCUT2D eigenvalue weighted by Gasteiger charge is -2.06. The molecule has 0 saturated carbocycles. The van der Waals surface area contributed by atoms with Gasteiger partial charge in [-0.15, -0.1) is 0 Å². The summed E-state index contributed by atoms with van der Waals surface area (Å²) in [7, 11) is 0. The van der Waals surface area contributed by atoms with Gasteiger partial charge in [0.1, 0.15) is 5.82 Å². The van der Waals surface area contributed by atoms with Crippen molar-refractivity contribution >= 4 is 5.97 Å². The Morgan fingerprint density at radius 3 is 2.75 bits per heavy atom. The third kappa shape index (κ3) is 3.40. The molecule has 1 heterocycles. The predicted molar refractivity (Wildman–Crippen MR) is 68.9 cm³/mol. The third-order valence-electron chi connectivity index (χ3n) is 2.92. The highest BCUT2D eigenvalue weighted by Gasteiger charge is 2.14. The average Bonchev–Trinajstić information content (AvgIpc) is 2.93. The normalized spacial score (nSPS) is 12.2. The van der Waals surface area contributed by atoms with Crippen LogP contribution < -0.4 is 0 Å². The minimum Gasteiger partial charge on any atom is -0.457 e. The van der Waals surface area contributed by atoms with Crippen LogP contribution in [0.4, 0.5) is 4.39 Å². The van der Waals surface area contributed by atoms with Gasteiger partial charge in [-0.3, -0.25) is 4.79 Å². The van der Waals surface area contributed by atoms with Gasteiger partial charge in [-0.2, -0.15) is 4.98 Å². The monoisotopic (exact) mass is 278 g/mol. The zero-order chi connectivity index (χ0) is 14.5. The lowest BCUT2D eigenvalue weighted by Crippen LogP contribution is -2.14. The number of rotatable bonds is 5. The van der Waals surface area contributed by atoms with Crippen LogP contribution in [-0.4, -0.2) is 16.1 Å². The second-order valence-electron chi connectivity index (χ2n) is 4.44. The van der Waals surface area contributed by atoms with Crippen molar-refractivity contribution < 1.29 is 18.4 Å². The molecule has 0 aliphatic carbocycles. The van der Waals surface area contributed by atoms with Gasteiger partial charge in [-0.25, -0.2) is 4.39 Å². The molecule has 0 N–H and O–H groups in total. The molecule has 1 aromatic carbocycles. The molecule has 0 spiro atoms. The molecule has 20 heavy (non-hydrogen) atoms. The van der Waals surface area contributed by atoms with Gasteiger partial charge in [0.2, 0.25) is 5.82 Å². The molecule has 0 fully saturated rings. The number of hydrogen-bond acceptors (Lipinski definition) is 5. The molecule has 0 amide bonds. The standard InChI is InChI=1S/C14H15FN2O3/c1-3-9(2)14(18)19-8-12-16-13(20-17-12)10-4-6-11(15)7-5-10/h4-7,9H,3,8H2,1-2H3. The highest BCUT2D eigenvalue weighted by Crippen LogP contribution is 2.17. The quantitative estimate of drug-likeness (QED) is 0.787. The number of carbonyl (C=O) groups excluding carboxylic acids is 1. The van der Waals surface area contributed by atoms with Crippen LogP contribution in [0, 0.1) is 11.7 Å². The van der Waals surface area contributed by atoms with Crippen molar-refractivity contribution in [1.29, 1.82) is 0 Å². The van der Waals surface area contributed by atoms with Crippen LogP contribution in [0.25, 0.3) is 11.5 Å². The molecule has 1 aromatic heterocycles. The predicted octanol–water partition coefficient (Wildman–Crippen LogP) is 2.97. The Hall–Kier alpha value is -2.24. The molecule has 0 saturated heterocycles. The van der Waals surface area contributed by atoms with Crippen LogP contribution in [-0.2, 0) is 16.1 Å². The summed E-state index contributed by atoms with van der Waals surface area (Å²) >= 11 is 0. The summed E-state index contributed by atoms with van der Waals surface area (Å²) in [5.74, 6) is -0.240. The minimum absolute atomic E-state index is 0.0339. The van der Waals surface area contributed by atoms with Crippen molar-refractivity contribution in [1.82, 2.24) is 10.1 Å². The molecule has 0 bridgehead atoms. The first kappa shape index (κ1) is 14.2. The molecular weight excluding hydrogens is 263 g/mol. The zero-order valence-electron chi connectivity index (χ0n) is 11.3. The molecular formula is C14H15FN2O3. The number of benzene rings is 1. The summed E-state index contributed by atoms with van der Waals surface area (Å²) in [4.78, 5) is 15.6. The summed E-state index contributed by atoms with van der Waals surface area (Å²) in [6.07, 6.45) is 0.714. The van der Waals surface area contributed by atoms with Gasteiger partial charge < -0.3 is 9.26 Å². The topological polar surface area (TPSA) is 65.2 Å². The molecule has 0 aliphatic rings. The molecule has 5 nitrogen and oxygen atoms in total. The van der Waals surface area contributed by atoms with E-state index in [9.17, 15) is 9.18 Å². The van der Waals surface area contributed by atoms with E-state index in [4.69, 9.17) is 9.26 Å². The smallest absolute Gasteiger partial charge is 0.309 e. The van der Waals surface area contributed by atoms with E-state index in [1.807, 2.05) is 6.92 Å². The summed E-state index contributed by atoms with van der Waals surface area (Å²) in [6.45, 7) is 3.67. The van der Waals surface area contributed by atoms with E-state index in [1.165, 1.54) is 24.3 Å². The third-order valence-corrected chi connectivity index (χ3v) is 2.92. The Bertz CT molecular complexity index is 580. The van der Waals surface area contributed by atoms with E-state index in [0.717, 1.165) is 0 Å². The first-order valence-electron chi connectivity index (χ1n) is 6.35. The molecule has 6 heteroatoms. The second-order valence-corrected chi connectivity index (χ2v) is 4.44. The molecule has 1 unspecified atom stereocenters. The van der Waals surface area contributed by atoms with E-state index < -0.39 is 0 Å². The lowest BCUT2D eigenvalue weighted by molar-refractivity contribution is -0.149. The number of aromatic nitrogens is 2. The lowest BCUT2D eigenvalue weighted by atomic mass is 10.1. The number of nitrogens with zero attached hydrogens (tertiary/aromatic N) is 2. The van der Waals surface area contributed by atoms with Crippen LogP contribution in [0.2, 0.25) is 0 Å². The van der Waals surface area contributed by atoms with Crippen LogP contribution in [0.15, 0.2) is 28.8 Å². The van der Waals surface area contributed by atoms with Gasteiger partial charge in [-0.05, 0) is 30.7 Å². The van der Waals surface area contributed by atoms with Crippen molar-refractivity contribution in [3.8, 4) is 11.5 Å². The van der Waals surface area contributed by atoms with E-state index in [0.29, 0.717) is 12.0 Å². The van der Waals surface area contributed by atoms with Crippen LogP contribution in [0.5, 0.6) is 0 Å². The SMILES string of the molecule is CCC(C)C(=O)OCc1noc(-c2ccc(F)cc2)n1. The summed E-state index contributed by atoms with van der Waals surface area (Å²) in [5.41, 5.74) is 0.610. The molecule has 1 atom stereocenters. The maximum atomic E-state index is 12.8. The van der Waals surface area contributed by atoms with Crippen molar-refractivity contribution in [3.05, 3.63) is 35.9 Å². The van der Waals surface area contributed by atoms with Crippen molar-refractivity contribution in [3.63, 3.8) is 0 Å². The van der Waals surface area contributed by atoms with E-state index in [2.05, 4.69) is 10.1 Å². The van der Waals surface area contributed by atoms with Gasteiger partial charge in [0.05, 0.1) is 5.92 Å². The maximum absolute atomic E-state index is 12.8. The number of ether oxygens (including phenoxy) is 1. The fourth-order valence-electron chi connectivity index (χ4n) is 1.47. The van der Waals surface area contributed by atoms with Crippen molar-refractivity contribution in [2.24, 2.45) is 5.92 Å². The fourth-order valence-corrected chi connectivity index (χ4v) is 1.47. The number of carbonyl (C=O) groups is 1. The molecule has 0 aliphatic heterocycles. The largest absolute Gasteiger partial charge is 0.457 e. The Labute approximate surface area is 115 Å². The summed E-state index contributed by atoms with van der Waals surface area (Å²) in [6, 6.07) is 5.69. The fraction of sp³-hybridized carbons (Fsp3) is 0.357. The van der Waals surface area contributed by atoms with Gasteiger partial charge in [0.25, 0.3) is 5.89 Å². The van der Waals surface area contributed by atoms with Gasteiger partial charge in [0.15, 0.2) is 6.61 Å². The van der Waals surface area contributed by atoms with Gasteiger partial charge in [0, 0.05) is 5.56 Å². The number of hydrogen-bond donors (Lipinski definition) is 0. The first-order chi connectivity index (χ1) is 9.60. The Balaban J connectivity index is 1.99. The highest BCUT2D eigenvalue weighted by atomic mass is 19.1. The van der Waals surface area contributed by atoms with Crippen LogP contribution in [0.3, 0.4) is 0 Å². The summed E-state index contributed by atoms with van der Waals surface area (Å²) < 4.78 is 22.9.